The first-order valence-electron chi connectivity index (χ1n) is 10.1. The van der Waals surface area contributed by atoms with E-state index in [1.807, 2.05) is 80.6 Å². The molecule has 0 radical (unpaired) electrons. The molecule has 0 saturated carbocycles. The summed E-state index contributed by atoms with van der Waals surface area (Å²) >= 11 is 0.968. The van der Waals surface area contributed by atoms with Crippen LogP contribution in [-0.2, 0) is 17.9 Å². The fraction of sp³-hybridized carbons (Fsp3) is 0.154. The zero-order valence-corrected chi connectivity index (χ0v) is 18.3. The molecule has 4 nitrogen and oxygen atoms in total. The molecule has 156 valence electrons. The highest BCUT2D eigenvalue weighted by molar-refractivity contribution is 8.18. The number of carbonyl (C=O) groups excluding carboxylic acids is 2. The number of hydrogen-bond acceptors (Lipinski definition) is 4. The largest absolute Gasteiger partial charge is 0.488 e. The molecular weight excluding hydrogens is 406 g/mol. The Balaban J connectivity index is 1.52. The number of nitrogens with zero attached hydrogens (tertiary/aromatic N) is 1. The van der Waals surface area contributed by atoms with Crippen molar-refractivity contribution in [3.8, 4) is 5.75 Å². The van der Waals surface area contributed by atoms with Gasteiger partial charge in [0.25, 0.3) is 11.1 Å². The van der Waals surface area contributed by atoms with E-state index < -0.39 is 0 Å². The molecule has 0 spiro atoms. The van der Waals surface area contributed by atoms with E-state index in [1.54, 1.807) is 6.08 Å². The molecule has 31 heavy (non-hydrogen) atoms. The van der Waals surface area contributed by atoms with E-state index in [9.17, 15) is 9.59 Å². The van der Waals surface area contributed by atoms with E-state index in [2.05, 4.69) is 6.07 Å². The first-order valence-corrected chi connectivity index (χ1v) is 10.9. The van der Waals surface area contributed by atoms with Crippen LogP contribution in [0.4, 0.5) is 4.79 Å². The lowest BCUT2D eigenvalue weighted by molar-refractivity contribution is -0.123. The van der Waals surface area contributed by atoms with Gasteiger partial charge in [0.2, 0.25) is 0 Å². The number of hydrogen-bond donors (Lipinski definition) is 0. The van der Waals surface area contributed by atoms with Gasteiger partial charge in [-0.3, -0.25) is 14.5 Å². The van der Waals surface area contributed by atoms with Gasteiger partial charge in [-0.25, -0.2) is 0 Å². The van der Waals surface area contributed by atoms with E-state index in [4.69, 9.17) is 4.74 Å². The summed E-state index contributed by atoms with van der Waals surface area (Å²) in [4.78, 5) is 27.1. The van der Waals surface area contributed by atoms with Gasteiger partial charge >= 0.3 is 0 Å². The highest BCUT2D eigenvalue weighted by Crippen LogP contribution is 2.35. The molecule has 0 aliphatic carbocycles. The predicted octanol–water partition coefficient (Wildman–Crippen LogP) is 6.12. The Morgan fingerprint density at radius 2 is 1.55 bits per heavy atom. The second kappa shape index (κ2) is 9.23. The van der Waals surface area contributed by atoms with Crippen LogP contribution < -0.4 is 4.74 Å². The molecule has 1 saturated heterocycles. The Morgan fingerprint density at radius 1 is 0.871 bits per heavy atom. The SMILES string of the molecule is Cc1cccc(COc2ccccc2/C=C2/SC(=O)N(Cc3cccc(C)c3)C2=O)c1. The molecule has 3 aromatic rings. The van der Waals surface area contributed by atoms with Crippen molar-refractivity contribution in [1.29, 1.82) is 0 Å². The average Bonchev–Trinajstić information content (AvgIpc) is 3.01. The van der Waals surface area contributed by atoms with Gasteiger partial charge in [-0.2, -0.15) is 0 Å². The zero-order chi connectivity index (χ0) is 21.8. The van der Waals surface area contributed by atoms with Crippen molar-refractivity contribution in [3.05, 3.63) is 106 Å². The molecule has 2 amide bonds. The van der Waals surface area contributed by atoms with Crippen molar-refractivity contribution in [2.45, 2.75) is 27.0 Å². The van der Waals surface area contributed by atoms with Gasteiger partial charge in [0.15, 0.2) is 0 Å². The molecule has 0 unspecified atom stereocenters. The van der Waals surface area contributed by atoms with E-state index in [0.29, 0.717) is 17.3 Å². The topological polar surface area (TPSA) is 46.6 Å². The Morgan fingerprint density at radius 3 is 2.29 bits per heavy atom. The number of para-hydroxylation sites is 1. The fourth-order valence-corrected chi connectivity index (χ4v) is 4.29. The number of ether oxygens (including phenoxy) is 1. The lowest BCUT2D eigenvalue weighted by Gasteiger charge is -2.13. The van der Waals surface area contributed by atoms with Gasteiger partial charge in [0.1, 0.15) is 12.4 Å². The third kappa shape index (κ3) is 5.06. The van der Waals surface area contributed by atoms with Crippen LogP contribution in [0.1, 0.15) is 27.8 Å². The van der Waals surface area contributed by atoms with E-state index in [1.165, 1.54) is 10.5 Å². The maximum atomic E-state index is 12.9. The minimum Gasteiger partial charge on any atom is -0.488 e. The summed E-state index contributed by atoms with van der Waals surface area (Å²) in [5.41, 5.74) is 5.06. The van der Waals surface area contributed by atoms with Gasteiger partial charge in [-0.15, -0.1) is 0 Å². The Hall–Kier alpha value is -3.31. The monoisotopic (exact) mass is 429 g/mol. The second-order valence-electron chi connectivity index (χ2n) is 7.57. The van der Waals surface area contributed by atoms with Crippen molar-refractivity contribution >= 4 is 29.0 Å². The number of rotatable bonds is 6. The summed E-state index contributed by atoms with van der Waals surface area (Å²) in [6.07, 6.45) is 1.74. The van der Waals surface area contributed by atoms with Gasteiger partial charge in [0, 0.05) is 5.56 Å². The van der Waals surface area contributed by atoms with Crippen molar-refractivity contribution in [2.75, 3.05) is 0 Å². The van der Waals surface area contributed by atoms with Crippen molar-refractivity contribution in [3.63, 3.8) is 0 Å². The number of benzene rings is 3. The van der Waals surface area contributed by atoms with Crippen LogP contribution in [0.15, 0.2) is 77.7 Å². The van der Waals surface area contributed by atoms with Crippen LogP contribution in [0.2, 0.25) is 0 Å². The van der Waals surface area contributed by atoms with Crippen LogP contribution >= 0.6 is 11.8 Å². The molecule has 0 bridgehead atoms. The number of aryl methyl sites for hydroxylation is 2. The fourth-order valence-electron chi connectivity index (χ4n) is 3.46. The third-order valence-electron chi connectivity index (χ3n) is 4.98. The minimum absolute atomic E-state index is 0.254. The van der Waals surface area contributed by atoms with E-state index in [-0.39, 0.29) is 17.7 Å². The van der Waals surface area contributed by atoms with Gasteiger partial charge in [0.05, 0.1) is 11.4 Å². The van der Waals surface area contributed by atoms with Crippen LogP contribution in [0.3, 0.4) is 0 Å². The number of thioether (sulfide) groups is 1. The Labute approximate surface area is 186 Å². The summed E-state index contributed by atoms with van der Waals surface area (Å²) in [7, 11) is 0. The summed E-state index contributed by atoms with van der Waals surface area (Å²) in [5.74, 6) is 0.402. The van der Waals surface area contributed by atoms with Crippen LogP contribution in [0, 0.1) is 13.8 Å². The van der Waals surface area contributed by atoms with E-state index in [0.717, 1.165) is 34.0 Å². The van der Waals surface area contributed by atoms with Crippen LogP contribution in [0.25, 0.3) is 6.08 Å². The maximum absolute atomic E-state index is 12.9. The molecular formula is C26H23NO3S. The quantitative estimate of drug-likeness (QED) is 0.443. The Bertz CT molecular complexity index is 1170. The van der Waals surface area contributed by atoms with Gasteiger partial charge in [-0.1, -0.05) is 77.9 Å². The highest BCUT2D eigenvalue weighted by Gasteiger charge is 2.35. The lowest BCUT2D eigenvalue weighted by Crippen LogP contribution is -2.27. The second-order valence-corrected chi connectivity index (χ2v) is 8.57. The number of amides is 2. The number of imide groups is 1. The van der Waals surface area contributed by atoms with Crippen LogP contribution in [-0.4, -0.2) is 16.0 Å². The molecule has 0 aromatic heterocycles. The van der Waals surface area contributed by atoms with Crippen molar-refractivity contribution in [1.82, 2.24) is 4.90 Å². The summed E-state index contributed by atoms with van der Waals surface area (Å²) in [6.45, 7) is 4.74. The summed E-state index contributed by atoms with van der Waals surface area (Å²) < 4.78 is 6.02. The Kier molecular flexibility index (Phi) is 6.23. The molecule has 1 heterocycles. The van der Waals surface area contributed by atoms with Crippen LogP contribution in [0.5, 0.6) is 5.75 Å². The number of carbonyl (C=O) groups is 2. The normalized spacial score (nSPS) is 15.0. The molecule has 1 aliphatic rings. The first-order chi connectivity index (χ1) is 15.0. The summed E-state index contributed by atoms with van der Waals surface area (Å²) in [6, 6.07) is 23.5. The molecule has 1 aliphatic heterocycles. The average molecular weight is 430 g/mol. The zero-order valence-electron chi connectivity index (χ0n) is 17.5. The lowest BCUT2D eigenvalue weighted by atomic mass is 10.1. The van der Waals surface area contributed by atoms with Gasteiger partial charge < -0.3 is 4.74 Å². The molecule has 3 aromatic carbocycles. The summed E-state index contributed by atoms with van der Waals surface area (Å²) in [5, 5.41) is -0.254. The van der Waals surface area contributed by atoms with Crippen molar-refractivity contribution in [2.24, 2.45) is 0 Å². The van der Waals surface area contributed by atoms with E-state index >= 15 is 0 Å². The van der Waals surface area contributed by atoms with Crippen molar-refractivity contribution < 1.29 is 14.3 Å². The minimum atomic E-state index is -0.273. The molecule has 0 N–H and O–H groups in total. The maximum Gasteiger partial charge on any atom is 0.293 e. The van der Waals surface area contributed by atoms with Gasteiger partial charge in [-0.05, 0) is 48.9 Å². The molecule has 1 fully saturated rings. The standard InChI is InChI=1S/C26H23NO3S/c1-18-7-5-9-20(13-18)16-27-25(28)24(31-26(27)29)15-22-11-3-4-12-23(22)30-17-21-10-6-8-19(2)14-21/h3-15H,16-17H2,1-2H3/b24-15+. The smallest absolute Gasteiger partial charge is 0.293 e. The molecule has 4 rings (SSSR count). The third-order valence-corrected chi connectivity index (χ3v) is 5.89. The first kappa shape index (κ1) is 20.9. The molecule has 0 atom stereocenters. The molecule has 5 heteroatoms. The predicted molar refractivity (Wildman–Crippen MR) is 125 cm³/mol. The highest BCUT2D eigenvalue weighted by atomic mass is 32.2.